The maximum absolute atomic E-state index is 12.8. The van der Waals surface area contributed by atoms with Gasteiger partial charge in [-0.1, -0.05) is 24.3 Å². The summed E-state index contributed by atoms with van der Waals surface area (Å²) >= 11 is 0. The number of hydrogen-bond donors (Lipinski definition) is 2. The van der Waals surface area contributed by atoms with Crippen molar-refractivity contribution in [2.24, 2.45) is 5.10 Å². The van der Waals surface area contributed by atoms with Crippen molar-refractivity contribution in [2.45, 2.75) is 25.6 Å². The van der Waals surface area contributed by atoms with E-state index in [2.05, 4.69) is 10.5 Å². The molecule has 7 nitrogen and oxygen atoms in total. The molecular formula is C20H19F3N2O5. The van der Waals surface area contributed by atoms with Crippen molar-refractivity contribution in [1.82, 2.24) is 5.43 Å². The zero-order valence-electron chi connectivity index (χ0n) is 16.1. The number of benzene rings is 2. The van der Waals surface area contributed by atoms with Gasteiger partial charge in [-0.3, -0.25) is 4.79 Å². The summed E-state index contributed by atoms with van der Waals surface area (Å²) in [6.07, 6.45) is -4.75. The number of halogens is 3. The average Bonchev–Trinajstić information content (AvgIpc) is 2.68. The Bertz CT molecular complexity index is 944. The van der Waals surface area contributed by atoms with Crippen LogP contribution in [-0.2, 0) is 22.2 Å². The molecule has 2 N–H and O–H groups in total. The lowest BCUT2D eigenvalue weighted by Crippen LogP contribution is -2.24. The fraction of sp³-hybridized carbons (Fsp3) is 0.250. The van der Waals surface area contributed by atoms with E-state index in [4.69, 9.17) is 14.6 Å². The number of hydrogen-bond acceptors (Lipinski definition) is 5. The summed E-state index contributed by atoms with van der Waals surface area (Å²) in [5.41, 5.74) is 1.88. The maximum atomic E-state index is 12.8. The van der Waals surface area contributed by atoms with Crippen LogP contribution in [0.5, 0.6) is 11.5 Å². The Morgan fingerprint density at radius 1 is 1.23 bits per heavy atom. The van der Waals surface area contributed by atoms with Crippen LogP contribution in [0, 0.1) is 0 Å². The topological polar surface area (TPSA) is 97.2 Å². The molecule has 2 rings (SSSR count). The van der Waals surface area contributed by atoms with Crippen LogP contribution in [0.15, 0.2) is 47.6 Å². The van der Waals surface area contributed by atoms with Crippen LogP contribution in [0.2, 0.25) is 0 Å². The van der Waals surface area contributed by atoms with E-state index in [0.717, 1.165) is 12.1 Å². The van der Waals surface area contributed by atoms with Crippen LogP contribution in [-0.4, -0.2) is 36.4 Å². The lowest BCUT2D eigenvalue weighted by atomic mass is 10.1. The van der Waals surface area contributed by atoms with Gasteiger partial charge in [0.2, 0.25) is 5.91 Å². The zero-order chi connectivity index (χ0) is 22.3. The van der Waals surface area contributed by atoms with Crippen LogP contribution in [0.3, 0.4) is 0 Å². The number of carbonyl (C=O) groups is 2. The number of hydrazone groups is 1. The number of methoxy groups -OCH3 is 1. The number of carbonyl (C=O) groups excluding carboxylic acids is 1. The molecule has 0 bridgehead atoms. The van der Waals surface area contributed by atoms with Gasteiger partial charge in [0.05, 0.1) is 25.3 Å². The van der Waals surface area contributed by atoms with Gasteiger partial charge in [-0.2, -0.15) is 18.3 Å². The average molecular weight is 424 g/mol. The monoisotopic (exact) mass is 424 g/mol. The molecule has 0 fully saturated rings. The molecule has 0 heterocycles. The molecule has 0 unspecified atom stereocenters. The van der Waals surface area contributed by atoms with E-state index in [1.165, 1.54) is 32.4 Å². The van der Waals surface area contributed by atoms with Crippen molar-refractivity contribution < 1.29 is 37.3 Å². The van der Waals surface area contributed by atoms with E-state index in [-0.39, 0.29) is 23.5 Å². The number of rotatable bonds is 8. The zero-order valence-corrected chi connectivity index (χ0v) is 16.1. The van der Waals surface area contributed by atoms with Gasteiger partial charge in [-0.05, 0) is 30.7 Å². The molecule has 0 radical (unpaired) electrons. The second-order valence-electron chi connectivity index (χ2n) is 6.15. The Labute approximate surface area is 170 Å². The van der Waals surface area contributed by atoms with Crippen LogP contribution in [0.1, 0.15) is 23.6 Å². The minimum absolute atomic E-state index is 0.116. The van der Waals surface area contributed by atoms with Crippen molar-refractivity contribution in [3.8, 4) is 11.5 Å². The van der Waals surface area contributed by atoms with Gasteiger partial charge in [0.1, 0.15) is 0 Å². The second kappa shape index (κ2) is 9.77. The molecule has 0 saturated carbocycles. The summed E-state index contributed by atoms with van der Waals surface area (Å²) in [7, 11) is 1.38. The van der Waals surface area contributed by atoms with Gasteiger partial charge in [0, 0.05) is 5.56 Å². The van der Waals surface area contributed by atoms with Gasteiger partial charge >= 0.3 is 12.1 Å². The van der Waals surface area contributed by atoms with Crippen molar-refractivity contribution in [3.05, 3.63) is 59.2 Å². The largest absolute Gasteiger partial charge is 0.493 e. The molecule has 0 spiro atoms. The molecule has 0 aliphatic carbocycles. The number of aliphatic carboxylic acids is 1. The number of carboxylic acids is 1. The highest BCUT2D eigenvalue weighted by Gasteiger charge is 2.30. The molecule has 0 aliphatic rings. The lowest BCUT2D eigenvalue weighted by Gasteiger charge is -2.15. The lowest BCUT2D eigenvalue weighted by molar-refractivity contribution is -0.144. The molecule has 0 saturated heterocycles. The highest BCUT2D eigenvalue weighted by Crippen LogP contribution is 2.31. The van der Waals surface area contributed by atoms with Crippen molar-refractivity contribution in [1.29, 1.82) is 0 Å². The molecule has 30 heavy (non-hydrogen) atoms. The highest BCUT2D eigenvalue weighted by atomic mass is 19.4. The van der Waals surface area contributed by atoms with Crippen LogP contribution >= 0.6 is 0 Å². The minimum Gasteiger partial charge on any atom is -0.493 e. The quantitative estimate of drug-likeness (QED) is 0.501. The Hall–Kier alpha value is -3.56. The maximum Gasteiger partial charge on any atom is 0.416 e. The number of carboxylic acid groups (broad SMARTS) is 1. The first-order valence-electron chi connectivity index (χ1n) is 8.66. The first-order valence-corrected chi connectivity index (χ1v) is 8.66. The van der Waals surface area contributed by atoms with E-state index >= 15 is 0 Å². The van der Waals surface area contributed by atoms with E-state index < -0.39 is 29.7 Å². The van der Waals surface area contributed by atoms with E-state index in [1.54, 1.807) is 18.2 Å². The third-order valence-electron chi connectivity index (χ3n) is 3.88. The summed E-state index contributed by atoms with van der Waals surface area (Å²) in [4.78, 5) is 23.0. The molecule has 10 heteroatoms. The predicted molar refractivity (Wildman–Crippen MR) is 102 cm³/mol. The van der Waals surface area contributed by atoms with Gasteiger partial charge in [0.25, 0.3) is 0 Å². The summed E-state index contributed by atoms with van der Waals surface area (Å²) < 4.78 is 48.8. The van der Waals surface area contributed by atoms with E-state index in [1.807, 2.05) is 0 Å². The number of amides is 1. The third kappa shape index (κ3) is 6.23. The first kappa shape index (κ1) is 22.7. The third-order valence-corrected chi connectivity index (χ3v) is 3.88. The Morgan fingerprint density at radius 2 is 1.93 bits per heavy atom. The van der Waals surface area contributed by atoms with Gasteiger partial charge in [0.15, 0.2) is 17.6 Å². The summed E-state index contributed by atoms with van der Waals surface area (Å²) in [6.45, 7) is 1.34. The number of ether oxygens (including phenoxy) is 2. The summed E-state index contributed by atoms with van der Waals surface area (Å²) in [6, 6.07) is 9.18. The van der Waals surface area contributed by atoms with Crippen LogP contribution < -0.4 is 14.9 Å². The number of nitrogens with one attached hydrogen (secondary N) is 1. The summed E-state index contributed by atoms with van der Waals surface area (Å²) in [5.74, 6) is -1.43. The van der Waals surface area contributed by atoms with Crippen molar-refractivity contribution in [3.63, 3.8) is 0 Å². The van der Waals surface area contributed by atoms with Crippen molar-refractivity contribution >= 4 is 18.1 Å². The molecule has 2 aromatic carbocycles. The SMILES string of the molecule is COc1cccc(/C=N/NC(=O)Cc2cccc(C(F)(F)F)c2)c1O[C@@H](C)C(=O)O. The molecule has 160 valence electrons. The molecule has 1 amide bonds. The smallest absolute Gasteiger partial charge is 0.416 e. The van der Waals surface area contributed by atoms with Gasteiger partial charge in [-0.25, -0.2) is 10.2 Å². The summed E-state index contributed by atoms with van der Waals surface area (Å²) in [5, 5.41) is 12.8. The minimum atomic E-state index is -4.50. The number of para-hydroxylation sites is 1. The Balaban J connectivity index is 2.10. The predicted octanol–water partition coefficient (Wildman–Crippen LogP) is 3.26. The Kier molecular flexibility index (Phi) is 7.40. The van der Waals surface area contributed by atoms with E-state index in [0.29, 0.717) is 5.56 Å². The number of alkyl halides is 3. The molecule has 2 aromatic rings. The van der Waals surface area contributed by atoms with Gasteiger partial charge < -0.3 is 14.6 Å². The second-order valence-corrected chi connectivity index (χ2v) is 6.15. The van der Waals surface area contributed by atoms with Gasteiger partial charge in [-0.15, -0.1) is 0 Å². The van der Waals surface area contributed by atoms with Crippen LogP contribution in [0.25, 0.3) is 0 Å². The molecular weight excluding hydrogens is 405 g/mol. The van der Waals surface area contributed by atoms with Crippen LogP contribution in [0.4, 0.5) is 13.2 Å². The Morgan fingerprint density at radius 3 is 2.57 bits per heavy atom. The highest BCUT2D eigenvalue weighted by molar-refractivity contribution is 5.87. The number of nitrogens with zero attached hydrogens (tertiary/aromatic N) is 1. The normalized spacial score (nSPS) is 12.4. The van der Waals surface area contributed by atoms with E-state index in [9.17, 15) is 22.8 Å². The molecule has 0 aromatic heterocycles. The standard InChI is InChI=1S/C20H19F3N2O5/c1-12(19(27)28)30-18-14(6-4-8-16(18)29-2)11-24-25-17(26)10-13-5-3-7-15(9-13)20(21,22)23/h3-9,11-12H,10H2,1-2H3,(H,25,26)(H,27,28)/b24-11+/t12-/m0/s1. The fourth-order valence-corrected chi connectivity index (χ4v) is 2.40. The van der Waals surface area contributed by atoms with Crippen molar-refractivity contribution in [2.75, 3.05) is 7.11 Å². The first-order chi connectivity index (χ1) is 14.1. The molecule has 0 aliphatic heterocycles. The molecule has 1 atom stereocenters. The fourth-order valence-electron chi connectivity index (χ4n) is 2.40.